The van der Waals surface area contributed by atoms with Crippen molar-refractivity contribution in [2.45, 2.75) is 25.8 Å². The lowest BCUT2D eigenvalue weighted by atomic mass is 10.1. The second-order valence-corrected chi connectivity index (χ2v) is 6.34. The first-order valence-corrected chi connectivity index (χ1v) is 8.31. The van der Waals surface area contributed by atoms with Gasteiger partial charge in [0.05, 0.1) is 22.6 Å². The zero-order chi connectivity index (χ0) is 15.6. The van der Waals surface area contributed by atoms with E-state index in [0.717, 1.165) is 24.5 Å². The number of aromatic nitrogens is 2. The summed E-state index contributed by atoms with van der Waals surface area (Å²) < 4.78 is 0. The Morgan fingerprint density at radius 2 is 2.00 bits per heavy atom. The number of nitrogens with zero attached hydrogens (tertiary/aromatic N) is 1. The zero-order valence-corrected chi connectivity index (χ0v) is 13.4. The molecule has 1 saturated heterocycles. The van der Waals surface area contributed by atoms with Crippen LogP contribution in [0.25, 0.3) is 22.3 Å². The number of anilines is 1. The van der Waals surface area contributed by atoms with Gasteiger partial charge in [0.15, 0.2) is 0 Å². The van der Waals surface area contributed by atoms with Crippen molar-refractivity contribution < 1.29 is 0 Å². The highest BCUT2D eigenvalue weighted by molar-refractivity contribution is 5.95. The maximum Gasteiger partial charge on any atom is 0.0864 e. The van der Waals surface area contributed by atoms with E-state index in [1.807, 2.05) is 24.4 Å². The van der Waals surface area contributed by atoms with Gasteiger partial charge in [0.1, 0.15) is 0 Å². The Bertz CT molecular complexity index is 801. The Labute approximate surface area is 136 Å². The Morgan fingerprint density at radius 3 is 2.78 bits per heavy atom. The normalized spacial score (nSPS) is 15.9. The number of hydrogen-bond donors (Lipinski definition) is 3. The third-order valence-electron chi connectivity index (χ3n) is 4.51. The van der Waals surface area contributed by atoms with Gasteiger partial charge in [-0.15, -0.1) is 0 Å². The summed E-state index contributed by atoms with van der Waals surface area (Å²) in [7, 11) is 0. The molecule has 0 radical (unpaired) electrons. The minimum absolute atomic E-state index is 0.544. The minimum atomic E-state index is 0.544. The molecule has 118 valence electrons. The highest BCUT2D eigenvalue weighted by Crippen LogP contribution is 2.30. The summed E-state index contributed by atoms with van der Waals surface area (Å²) in [5.41, 5.74) is 5.71. The Morgan fingerprint density at radius 1 is 1.13 bits per heavy atom. The van der Waals surface area contributed by atoms with Gasteiger partial charge in [0.2, 0.25) is 0 Å². The first-order chi connectivity index (χ1) is 11.3. The molecule has 1 aliphatic rings. The van der Waals surface area contributed by atoms with Crippen LogP contribution < -0.4 is 10.6 Å². The Balaban J connectivity index is 1.73. The molecule has 0 saturated carbocycles. The standard InChI is InChI=1S/C19H22N4/c1-13-10-14-12-17(16-4-2-3-7-21-16)23-19(14)18(11-13)22-15-5-8-20-9-6-15/h2-4,7,10-12,15,20,22-23H,5-6,8-9H2,1H3. The van der Waals surface area contributed by atoms with Gasteiger partial charge in [0, 0.05) is 17.6 Å². The SMILES string of the molecule is Cc1cc(NC2CCNCC2)c2[nH]c(-c3ccccn3)cc2c1. The molecule has 0 unspecified atom stereocenters. The van der Waals surface area contributed by atoms with Gasteiger partial charge in [-0.1, -0.05) is 6.07 Å². The molecular weight excluding hydrogens is 284 g/mol. The van der Waals surface area contributed by atoms with E-state index in [1.54, 1.807) is 0 Å². The quantitative estimate of drug-likeness (QED) is 0.691. The smallest absolute Gasteiger partial charge is 0.0864 e. The van der Waals surface area contributed by atoms with E-state index in [0.29, 0.717) is 6.04 Å². The van der Waals surface area contributed by atoms with Crippen LogP contribution in [0.1, 0.15) is 18.4 Å². The van der Waals surface area contributed by atoms with Crippen molar-refractivity contribution in [2.24, 2.45) is 0 Å². The maximum atomic E-state index is 4.45. The molecule has 1 aliphatic heterocycles. The third kappa shape index (κ3) is 2.94. The number of nitrogens with one attached hydrogen (secondary N) is 3. The van der Waals surface area contributed by atoms with Crippen LogP contribution in [0.2, 0.25) is 0 Å². The van der Waals surface area contributed by atoms with E-state index in [4.69, 9.17) is 0 Å². The molecule has 3 heterocycles. The van der Waals surface area contributed by atoms with Crippen LogP contribution >= 0.6 is 0 Å². The van der Waals surface area contributed by atoms with Crippen molar-refractivity contribution in [3.8, 4) is 11.4 Å². The van der Waals surface area contributed by atoms with Crippen LogP contribution in [0.5, 0.6) is 0 Å². The van der Waals surface area contributed by atoms with Gasteiger partial charge >= 0.3 is 0 Å². The average molecular weight is 306 g/mol. The number of H-pyrrole nitrogens is 1. The van der Waals surface area contributed by atoms with Gasteiger partial charge in [-0.25, -0.2) is 0 Å². The number of aryl methyl sites for hydroxylation is 1. The van der Waals surface area contributed by atoms with Crippen molar-refractivity contribution in [3.63, 3.8) is 0 Å². The highest BCUT2D eigenvalue weighted by atomic mass is 15.0. The first kappa shape index (κ1) is 14.3. The van der Waals surface area contributed by atoms with Crippen molar-refractivity contribution in [1.82, 2.24) is 15.3 Å². The molecule has 0 amide bonds. The summed E-state index contributed by atoms with van der Waals surface area (Å²) in [6, 6.07) is 13.2. The molecule has 4 nitrogen and oxygen atoms in total. The fraction of sp³-hybridized carbons (Fsp3) is 0.316. The molecule has 23 heavy (non-hydrogen) atoms. The molecule has 4 heteroatoms. The summed E-state index contributed by atoms with van der Waals surface area (Å²) in [5.74, 6) is 0. The number of piperidine rings is 1. The number of hydrogen-bond acceptors (Lipinski definition) is 3. The summed E-state index contributed by atoms with van der Waals surface area (Å²) in [4.78, 5) is 8.01. The van der Waals surface area contributed by atoms with E-state index < -0.39 is 0 Å². The molecule has 2 aromatic heterocycles. The lowest BCUT2D eigenvalue weighted by Crippen LogP contribution is -2.35. The Hall–Kier alpha value is -2.33. The van der Waals surface area contributed by atoms with Gasteiger partial charge in [-0.2, -0.15) is 0 Å². The summed E-state index contributed by atoms with van der Waals surface area (Å²) in [5, 5.41) is 8.39. The summed E-state index contributed by atoms with van der Waals surface area (Å²) in [6.45, 7) is 4.34. The second-order valence-electron chi connectivity index (χ2n) is 6.34. The maximum absolute atomic E-state index is 4.45. The van der Waals surface area contributed by atoms with Crippen LogP contribution in [0.3, 0.4) is 0 Å². The van der Waals surface area contributed by atoms with E-state index in [9.17, 15) is 0 Å². The lowest BCUT2D eigenvalue weighted by molar-refractivity contribution is 0.479. The van der Waals surface area contributed by atoms with Gasteiger partial charge in [0.25, 0.3) is 0 Å². The molecule has 0 spiro atoms. The van der Waals surface area contributed by atoms with Crippen LogP contribution in [0.15, 0.2) is 42.6 Å². The van der Waals surface area contributed by atoms with Crippen LogP contribution in [-0.2, 0) is 0 Å². The van der Waals surface area contributed by atoms with Crippen LogP contribution in [-0.4, -0.2) is 29.1 Å². The van der Waals surface area contributed by atoms with Crippen molar-refractivity contribution >= 4 is 16.6 Å². The average Bonchev–Trinajstić information content (AvgIpc) is 3.01. The molecule has 1 fully saturated rings. The zero-order valence-electron chi connectivity index (χ0n) is 13.4. The fourth-order valence-electron chi connectivity index (χ4n) is 3.35. The molecule has 0 bridgehead atoms. The molecule has 0 aliphatic carbocycles. The summed E-state index contributed by atoms with van der Waals surface area (Å²) >= 11 is 0. The van der Waals surface area contributed by atoms with Crippen molar-refractivity contribution in [2.75, 3.05) is 18.4 Å². The minimum Gasteiger partial charge on any atom is -0.381 e. The van der Waals surface area contributed by atoms with E-state index in [1.165, 1.54) is 35.0 Å². The third-order valence-corrected chi connectivity index (χ3v) is 4.51. The van der Waals surface area contributed by atoms with Crippen molar-refractivity contribution in [3.05, 3.63) is 48.2 Å². The van der Waals surface area contributed by atoms with Crippen LogP contribution in [0.4, 0.5) is 5.69 Å². The number of benzene rings is 1. The molecule has 1 aromatic carbocycles. The number of pyridine rings is 1. The number of rotatable bonds is 3. The van der Waals surface area contributed by atoms with E-state index >= 15 is 0 Å². The largest absolute Gasteiger partial charge is 0.381 e. The van der Waals surface area contributed by atoms with Gasteiger partial charge in [-0.3, -0.25) is 4.98 Å². The first-order valence-electron chi connectivity index (χ1n) is 8.31. The number of fused-ring (bicyclic) bond motifs is 1. The fourth-order valence-corrected chi connectivity index (χ4v) is 3.35. The summed E-state index contributed by atoms with van der Waals surface area (Å²) in [6.07, 6.45) is 4.17. The highest BCUT2D eigenvalue weighted by Gasteiger charge is 2.15. The number of aromatic amines is 1. The van der Waals surface area contributed by atoms with E-state index in [-0.39, 0.29) is 0 Å². The van der Waals surface area contributed by atoms with Crippen LogP contribution in [0, 0.1) is 6.92 Å². The van der Waals surface area contributed by atoms with E-state index in [2.05, 4.69) is 45.7 Å². The van der Waals surface area contributed by atoms with Crippen molar-refractivity contribution in [1.29, 1.82) is 0 Å². The predicted molar refractivity (Wildman–Crippen MR) is 95.8 cm³/mol. The molecule has 3 N–H and O–H groups in total. The van der Waals surface area contributed by atoms with Gasteiger partial charge < -0.3 is 15.6 Å². The molecular formula is C19H22N4. The topological polar surface area (TPSA) is 52.7 Å². The second kappa shape index (κ2) is 6.05. The van der Waals surface area contributed by atoms with Gasteiger partial charge in [-0.05, 0) is 68.8 Å². The molecule has 0 atom stereocenters. The predicted octanol–water partition coefficient (Wildman–Crippen LogP) is 3.70. The lowest BCUT2D eigenvalue weighted by Gasteiger charge is -2.25. The monoisotopic (exact) mass is 306 g/mol. The Kier molecular flexibility index (Phi) is 3.75. The molecule has 4 rings (SSSR count). The molecule has 3 aromatic rings.